The van der Waals surface area contributed by atoms with Crippen molar-refractivity contribution in [1.29, 1.82) is 0 Å². The van der Waals surface area contributed by atoms with Crippen LogP contribution >= 0.6 is 22.7 Å². The lowest BCUT2D eigenvalue weighted by Crippen LogP contribution is -2.22. The van der Waals surface area contributed by atoms with Crippen molar-refractivity contribution in [1.82, 2.24) is 15.3 Å². The minimum absolute atomic E-state index is 0.244. The van der Waals surface area contributed by atoms with Gasteiger partial charge in [-0.1, -0.05) is 23.5 Å². The van der Waals surface area contributed by atoms with Gasteiger partial charge in [0.2, 0.25) is 0 Å². The number of thiophene rings is 1. The number of nitrogens with one attached hydrogen (secondary N) is 3. The summed E-state index contributed by atoms with van der Waals surface area (Å²) >= 11 is 3.02. The highest BCUT2D eigenvalue weighted by Crippen LogP contribution is 2.23. The summed E-state index contributed by atoms with van der Waals surface area (Å²) in [7, 11) is 0. The first-order valence-corrected chi connectivity index (χ1v) is 10.8. The number of amides is 1. The summed E-state index contributed by atoms with van der Waals surface area (Å²) in [4.78, 5) is 22.9. The van der Waals surface area contributed by atoms with Gasteiger partial charge in [0.15, 0.2) is 5.13 Å². The van der Waals surface area contributed by atoms with E-state index < -0.39 is 5.82 Å². The number of aromatic nitrogens is 2. The summed E-state index contributed by atoms with van der Waals surface area (Å²) in [6.45, 7) is 0.836. The van der Waals surface area contributed by atoms with Crippen LogP contribution in [0.15, 0.2) is 66.3 Å². The molecule has 1 amide bonds. The number of hydrogen-bond donors (Lipinski definition) is 3. The number of benzene rings is 1. The Bertz CT molecular complexity index is 1120. The number of hydrogen-bond acceptors (Lipinski definition) is 7. The number of thiazole rings is 1. The molecule has 0 aliphatic heterocycles. The zero-order valence-corrected chi connectivity index (χ0v) is 17.4. The van der Waals surface area contributed by atoms with Crippen LogP contribution < -0.4 is 16.0 Å². The summed E-state index contributed by atoms with van der Waals surface area (Å²) in [5.74, 6) is 0.0471. The van der Waals surface area contributed by atoms with Crippen LogP contribution in [0.2, 0.25) is 0 Å². The molecule has 0 bridgehead atoms. The lowest BCUT2D eigenvalue weighted by Gasteiger charge is -2.09. The predicted molar refractivity (Wildman–Crippen MR) is 119 cm³/mol. The Labute approximate surface area is 180 Å². The van der Waals surface area contributed by atoms with Gasteiger partial charge in [-0.15, -0.1) is 11.3 Å². The fraction of sp³-hybridized carbons (Fsp3) is 0.0952. The monoisotopic (exact) mass is 439 g/mol. The van der Waals surface area contributed by atoms with E-state index in [0.717, 1.165) is 9.75 Å². The number of rotatable bonds is 8. The third-order valence-corrected chi connectivity index (χ3v) is 5.93. The van der Waals surface area contributed by atoms with Crippen molar-refractivity contribution < 1.29 is 9.18 Å². The standard InChI is InChI=1S/C21H18FN5OS2/c22-17-7-6-14(20(28)25-11-15-4-3-9-29-15)10-18(17)24-12-16-13-26-21(30-16)27-19-5-1-2-8-23-19/h1-10,13,24H,11-12H2,(H,25,28)(H,23,26,27). The number of anilines is 3. The Kier molecular flexibility index (Phi) is 6.31. The molecule has 0 saturated carbocycles. The number of carbonyl (C=O) groups excluding carboxylic acids is 1. The van der Waals surface area contributed by atoms with Crippen molar-refractivity contribution >= 4 is 45.2 Å². The first-order chi connectivity index (χ1) is 14.7. The van der Waals surface area contributed by atoms with E-state index in [1.807, 2.05) is 35.7 Å². The molecule has 0 unspecified atom stereocenters. The molecular weight excluding hydrogens is 421 g/mol. The van der Waals surface area contributed by atoms with Crippen LogP contribution in [0, 0.1) is 5.82 Å². The summed E-state index contributed by atoms with van der Waals surface area (Å²) in [5.41, 5.74) is 0.670. The third-order valence-electron chi connectivity index (χ3n) is 4.14. The quantitative estimate of drug-likeness (QED) is 0.359. The number of pyridine rings is 1. The fourth-order valence-electron chi connectivity index (χ4n) is 2.66. The van der Waals surface area contributed by atoms with E-state index in [1.54, 1.807) is 23.7 Å². The van der Waals surface area contributed by atoms with E-state index in [4.69, 9.17) is 0 Å². The molecule has 4 aromatic rings. The van der Waals surface area contributed by atoms with Gasteiger partial charge in [-0.2, -0.15) is 0 Å². The molecule has 30 heavy (non-hydrogen) atoms. The smallest absolute Gasteiger partial charge is 0.251 e. The molecule has 3 N–H and O–H groups in total. The van der Waals surface area contributed by atoms with Gasteiger partial charge in [-0.05, 0) is 41.8 Å². The van der Waals surface area contributed by atoms with E-state index in [9.17, 15) is 9.18 Å². The van der Waals surface area contributed by atoms with E-state index in [2.05, 4.69) is 25.9 Å². The molecular formula is C21H18FN5OS2. The van der Waals surface area contributed by atoms with Gasteiger partial charge in [-0.3, -0.25) is 4.79 Å². The molecule has 0 fully saturated rings. The maximum Gasteiger partial charge on any atom is 0.251 e. The van der Waals surface area contributed by atoms with Crippen molar-refractivity contribution in [2.75, 3.05) is 10.6 Å². The van der Waals surface area contributed by atoms with Gasteiger partial charge in [-0.25, -0.2) is 14.4 Å². The highest BCUT2D eigenvalue weighted by Gasteiger charge is 2.11. The Morgan fingerprint density at radius 1 is 1.03 bits per heavy atom. The summed E-state index contributed by atoms with van der Waals surface area (Å²) < 4.78 is 14.2. The Morgan fingerprint density at radius 2 is 1.97 bits per heavy atom. The molecule has 0 aliphatic rings. The van der Waals surface area contributed by atoms with Gasteiger partial charge in [0, 0.05) is 27.7 Å². The number of carbonyl (C=O) groups is 1. The Morgan fingerprint density at radius 3 is 2.77 bits per heavy atom. The van der Waals surface area contributed by atoms with Crippen LogP contribution in [0.3, 0.4) is 0 Å². The van der Waals surface area contributed by atoms with Crippen molar-refractivity contribution in [3.05, 3.63) is 87.4 Å². The second-order valence-corrected chi connectivity index (χ2v) is 8.43. The van der Waals surface area contributed by atoms with Crippen LogP contribution in [-0.4, -0.2) is 15.9 Å². The normalized spacial score (nSPS) is 10.6. The van der Waals surface area contributed by atoms with Crippen LogP contribution in [0.4, 0.5) is 21.0 Å². The fourth-order valence-corrected chi connectivity index (χ4v) is 4.06. The number of nitrogens with zero attached hydrogens (tertiary/aromatic N) is 2. The maximum atomic E-state index is 14.2. The molecule has 6 nitrogen and oxygen atoms in total. The highest BCUT2D eigenvalue weighted by molar-refractivity contribution is 7.15. The minimum atomic E-state index is -0.416. The largest absolute Gasteiger partial charge is 0.378 e. The molecule has 152 valence electrons. The molecule has 9 heteroatoms. The summed E-state index contributed by atoms with van der Waals surface area (Å²) in [6.07, 6.45) is 3.42. The predicted octanol–water partition coefficient (Wildman–Crippen LogP) is 5.02. The number of halogens is 1. The molecule has 1 aromatic carbocycles. The Hall–Kier alpha value is -3.30. The van der Waals surface area contributed by atoms with Crippen LogP contribution in [0.5, 0.6) is 0 Å². The minimum Gasteiger partial charge on any atom is -0.378 e. The maximum absolute atomic E-state index is 14.2. The topological polar surface area (TPSA) is 78.9 Å². The Balaban J connectivity index is 1.36. The van der Waals surface area contributed by atoms with Crippen LogP contribution in [-0.2, 0) is 13.1 Å². The third kappa shape index (κ3) is 5.19. The first kappa shape index (κ1) is 20.0. The van der Waals surface area contributed by atoms with Crippen LogP contribution in [0.25, 0.3) is 0 Å². The molecule has 3 heterocycles. The lowest BCUT2D eigenvalue weighted by molar-refractivity contribution is 0.0951. The van der Waals surface area contributed by atoms with Gasteiger partial charge in [0.05, 0.1) is 18.8 Å². The summed E-state index contributed by atoms with van der Waals surface area (Å²) in [5, 5.41) is 11.7. The van der Waals surface area contributed by atoms with E-state index in [1.165, 1.54) is 29.5 Å². The molecule has 0 spiro atoms. The van der Waals surface area contributed by atoms with E-state index >= 15 is 0 Å². The van der Waals surface area contributed by atoms with Gasteiger partial charge < -0.3 is 16.0 Å². The first-order valence-electron chi connectivity index (χ1n) is 9.14. The van der Waals surface area contributed by atoms with Crippen molar-refractivity contribution in [3.63, 3.8) is 0 Å². The molecule has 0 radical (unpaired) electrons. The average molecular weight is 440 g/mol. The highest BCUT2D eigenvalue weighted by atomic mass is 32.1. The second-order valence-electron chi connectivity index (χ2n) is 6.28. The second kappa shape index (κ2) is 9.47. The molecule has 4 rings (SSSR count). The van der Waals surface area contributed by atoms with Crippen molar-refractivity contribution in [2.45, 2.75) is 13.1 Å². The van der Waals surface area contributed by atoms with Crippen molar-refractivity contribution in [3.8, 4) is 0 Å². The average Bonchev–Trinajstić information content (AvgIpc) is 3.44. The zero-order chi connectivity index (χ0) is 20.8. The SMILES string of the molecule is O=C(NCc1cccs1)c1ccc(F)c(NCc2cnc(Nc3ccccn3)s2)c1. The molecule has 0 aliphatic carbocycles. The van der Waals surface area contributed by atoms with E-state index in [0.29, 0.717) is 29.6 Å². The van der Waals surface area contributed by atoms with Gasteiger partial charge in [0.25, 0.3) is 5.91 Å². The molecule has 0 saturated heterocycles. The lowest BCUT2D eigenvalue weighted by atomic mass is 10.1. The van der Waals surface area contributed by atoms with Gasteiger partial charge in [0.1, 0.15) is 11.6 Å². The summed E-state index contributed by atoms with van der Waals surface area (Å²) in [6, 6.07) is 13.8. The van der Waals surface area contributed by atoms with Crippen molar-refractivity contribution in [2.24, 2.45) is 0 Å². The molecule has 3 aromatic heterocycles. The zero-order valence-electron chi connectivity index (χ0n) is 15.8. The molecule has 0 atom stereocenters. The van der Waals surface area contributed by atoms with Crippen LogP contribution in [0.1, 0.15) is 20.1 Å². The van der Waals surface area contributed by atoms with Gasteiger partial charge >= 0.3 is 0 Å². The van der Waals surface area contributed by atoms with E-state index in [-0.39, 0.29) is 11.6 Å².